The van der Waals surface area contributed by atoms with Crippen molar-refractivity contribution >= 4 is 22.8 Å². The summed E-state index contributed by atoms with van der Waals surface area (Å²) in [6.45, 7) is 4.61. The van der Waals surface area contributed by atoms with E-state index < -0.39 is 0 Å². The minimum atomic E-state index is -0.348. The molecule has 3 aromatic heterocycles. The first-order valence-electron chi connectivity index (χ1n) is 9.50. The standard InChI is InChI=1S/C22H20FN5O2/c1-13(2)12-30-18-8-9-24-11-17(18)26-22(29)16-7-10-25-21-19(16)27-20(28-21)14-3-5-15(23)6-4-14/h3-11,13H,12H2,1-2H3,(H,26,29)(H,25,27,28). The van der Waals surface area contributed by atoms with Crippen LogP contribution in [0.4, 0.5) is 10.1 Å². The van der Waals surface area contributed by atoms with Crippen LogP contribution >= 0.6 is 0 Å². The van der Waals surface area contributed by atoms with E-state index in [9.17, 15) is 9.18 Å². The van der Waals surface area contributed by atoms with Crippen molar-refractivity contribution < 1.29 is 13.9 Å². The van der Waals surface area contributed by atoms with E-state index in [0.29, 0.717) is 52.1 Å². The van der Waals surface area contributed by atoms with E-state index in [2.05, 4.69) is 25.3 Å². The highest BCUT2D eigenvalue weighted by Crippen LogP contribution is 2.26. The van der Waals surface area contributed by atoms with Crippen LogP contribution in [0.5, 0.6) is 5.75 Å². The Labute approximate surface area is 172 Å². The summed E-state index contributed by atoms with van der Waals surface area (Å²) in [7, 11) is 0. The lowest BCUT2D eigenvalue weighted by Gasteiger charge is -2.13. The van der Waals surface area contributed by atoms with Gasteiger partial charge in [0.15, 0.2) is 5.65 Å². The number of pyridine rings is 2. The fourth-order valence-corrected chi connectivity index (χ4v) is 2.89. The maximum absolute atomic E-state index is 13.2. The number of amides is 1. The molecule has 2 N–H and O–H groups in total. The zero-order chi connectivity index (χ0) is 21.1. The predicted molar refractivity (Wildman–Crippen MR) is 112 cm³/mol. The van der Waals surface area contributed by atoms with Gasteiger partial charge in [0.2, 0.25) is 0 Å². The second-order valence-electron chi connectivity index (χ2n) is 7.18. The molecule has 0 aliphatic carbocycles. The topological polar surface area (TPSA) is 92.8 Å². The molecule has 30 heavy (non-hydrogen) atoms. The number of carbonyl (C=O) groups is 1. The molecule has 4 aromatic rings. The van der Waals surface area contributed by atoms with Crippen molar-refractivity contribution in [1.82, 2.24) is 19.9 Å². The van der Waals surface area contributed by atoms with Gasteiger partial charge in [0.05, 0.1) is 23.9 Å². The van der Waals surface area contributed by atoms with Crippen LogP contribution in [-0.4, -0.2) is 32.4 Å². The van der Waals surface area contributed by atoms with Gasteiger partial charge in [-0.1, -0.05) is 13.8 Å². The van der Waals surface area contributed by atoms with E-state index in [-0.39, 0.29) is 11.7 Å². The number of aromatic amines is 1. The SMILES string of the molecule is CC(C)COc1ccncc1NC(=O)c1ccnc2nc(-c3ccc(F)cc3)[nH]c12. The summed E-state index contributed by atoms with van der Waals surface area (Å²) < 4.78 is 19.0. The molecule has 0 aliphatic rings. The van der Waals surface area contributed by atoms with Gasteiger partial charge in [0.25, 0.3) is 5.91 Å². The third kappa shape index (κ3) is 4.12. The zero-order valence-electron chi connectivity index (χ0n) is 16.5. The molecule has 0 unspecified atom stereocenters. The molecular formula is C22H20FN5O2. The number of hydrogen-bond donors (Lipinski definition) is 2. The number of hydrogen-bond acceptors (Lipinski definition) is 5. The number of benzene rings is 1. The lowest BCUT2D eigenvalue weighted by atomic mass is 10.2. The number of halogens is 1. The molecule has 1 aromatic carbocycles. The van der Waals surface area contributed by atoms with E-state index in [1.807, 2.05) is 13.8 Å². The lowest BCUT2D eigenvalue weighted by Crippen LogP contribution is -2.14. The van der Waals surface area contributed by atoms with Crippen LogP contribution in [0.25, 0.3) is 22.6 Å². The quantitative estimate of drug-likeness (QED) is 0.495. The summed E-state index contributed by atoms with van der Waals surface area (Å²) >= 11 is 0. The van der Waals surface area contributed by atoms with Gasteiger partial charge in [0, 0.05) is 24.0 Å². The number of aromatic nitrogens is 4. The average Bonchev–Trinajstić information content (AvgIpc) is 3.18. The number of rotatable bonds is 6. The Bertz CT molecular complexity index is 1190. The fourth-order valence-electron chi connectivity index (χ4n) is 2.89. The lowest BCUT2D eigenvalue weighted by molar-refractivity contribution is 0.102. The summed E-state index contributed by atoms with van der Waals surface area (Å²) in [4.78, 5) is 28.8. The summed E-state index contributed by atoms with van der Waals surface area (Å²) in [6.07, 6.45) is 4.68. The van der Waals surface area contributed by atoms with Gasteiger partial charge in [-0.15, -0.1) is 0 Å². The fraction of sp³-hybridized carbons (Fsp3) is 0.182. The molecule has 0 bridgehead atoms. The summed E-state index contributed by atoms with van der Waals surface area (Å²) in [5.41, 5.74) is 2.43. The van der Waals surface area contributed by atoms with Gasteiger partial charge in [0.1, 0.15) is 23.1 Å². The predicted octanol–water partition coefficient (Wildman–Crippen LogP) is 4.45. The van der Waals surface area contributed by atoms with Gasteiger partial charge < -0.3 is 15.0 Å². The first-order valence-corrected chi connectivity index (χ1v) is 9.50. The molecule has 152 valence electrons. The van der Waals surface area contributed by atoms with Crippen molar-refractivity contribution in [3.8, 4) is 17.1 Å². The van der Waals surface area contributed by atoms with Gasteiger partial charge in [-0.3, -0.25) is 9.78 Å². The monoisotopic (exact) mass is 405 g/mol. The number of anilines is 1. The Balaban J connectivity index is 1.64. The van der Waals surface area contributed by atoms with E-state index in [1.54, 1.807) is 36.7 Å². The molecule has 8 heteroatoms. The maximum atomic E-state index is 13.2. The first kappa shape index (κ1) is 19.5. The molecular weight excluding hydrogens is 385 g/mol. The van der Waals surface area contributed by atoms with Crippen molar-refractivity contribution in [2.24, 2.45) is 5.92 Å². The minimum absolute atomic E-state index is 0.333. The van der Waals surface area contributed by atoms with Crippen molar-refractivity contribution in [1.29, 1.82) is 0 Å². The number of carbonyl (C=O) groups excluding carboxylic acids is 1. The number of nitrogens with one attached hydrogen (secondary N) is 2. The molecule has 4 rings (SSSR count). The van der Waals surface area contributed by atoms with Crippen LogP contribution < -0.4 is 10.1 Å². The second-order valence-corrected chi connectivity index (χ2v) is 7.18. The minimum Gasteiger partial charge on any atom is -0.491 e. The molecule has 3 heterocycles. The van der Waals surface area contributed by atoms with Crippen molar-refractivity contribution in [3.05, 3.63) is 66.4 Å². The first-order chi connectivity index (χ1) is 14.5. The molecule has 0 atom stereocenters. The zero-order valence-corrected chi connectivity index (χ0v) is 16.5. The highest BCUT2D eigenvalue weighted by molar-refractivity contribution is 6.11. The van der Waals surface area contributed by atoms with Gasteiger partial charge in [-0.2, -0.15) is 0 Å². The van der Waals surface area contributed by atoms with Crippen LogP contribution in [0, 0.1) is 11.7 Å². The van der Waals surface area contributed by atoms with Gasteiger partial charge in [-0.25, -0.2) is 14.4 Å². The normalized spacial score (nSPS) is 11.1. The number of ether oxygens (including phenoxy) is 1. The van der Waals surface area contributed by atoms with Crippen molar-refractivity contribution in [2.45, 2.75) is 13.8 Å². The summed E-state index contributed by atoms with van der Waals surface area (Å²) in [5, 5.41) is 2.85. The Hall–Kier alpha value is -3.81. The van der Waals surface area contributed by atoms with Gasteiger partial charge in [-0.05, 0) is 36.2 Å². The number of imidazole rings is 1. The van der Waals surface area contributed by atoms with Crippen molar-refractivity contribution in [2.75, 3.05) is 11.9 Å². The Morgan fingerprint density at radius 1 is 1.17 bits per heavy atom. The molecule has 0 radical (unpaired) electrons. The molecule has 0 spiro atoms. The summed E-state index contributed by atoms with van der Waals surface area (Å²) in [6, 6.07) is 9.25. The average molecular weight is 405 g/mol. The highest BCUT2D eigenvalue weighted by atomic mass is 19.1. The summed E-state index contributed by atoms with van der Waals surface area (Å²) in [5.74, 6) is 0.713. The molecule has 0 aliphatic heterocycles. The molecule has 0 fully saturated rings. The van der Waals surface area contributed by atoms with Crippen LogP contribution in [0.15, 0.2) is 55.0 Å². The second kappa shape index (κ2) is 8.28. The van der Waals surface area contributed by atoms with Crippen molar-refractivity contribution in [3.63, 3.8) is 0 Å². The smallest absolute Gasteiger partial charge is 0.258 e. The molecule has 1 amide bonds. The Morgan fingerprint density at radius 3 is 2.73 bits per heavy atom. The largest absolute Gasteiger partial charge is 0.491 e. The highest BCUT2D eigenvalue weighted by Gasteiger charge is 2.17. The van der Waals surface area contributed by atoms with E-state index in [4.69, 9.17) is 4.74 Å². The molecule has 0 saturated carbocycles. The van der Waals surface area contributed by atoms with Crippen LogP contribution in [0.1, 0.15) is 24.2 Å². The van der Waals surface area contributed by atoms with Crippen LogP contribution in [0.3, 0.4) is 0 Å². The van der Waals surface area contributed by atoms with E-state index >= 15 is 0 Å². The van der Waals surface area contributed by atoms with Gasteiger partial charge >= 0.3 is 0 Å². The maximum Gasteiger partial charge on any atom is 0.258 e. The third-order valence-electron chi connectivity index (χ3n) is 4.36. The molecule has 0 saturated heterocycles. The van der Waals surface area contributed by atoms with Crippen LogP contribution in [-0.2, 0) is 0 Å². The number of nitrogens with zero attached hydrogens (tertiary/aromatic N) is 3. The van der Waals surface area contributed by atoms with E-state index in [1.165, 1.54) is 18.3 Å². The Kier molecular flexibility index (Phi) is 5.38. The number of H-pyrrole nitrogens is 1. The number of fused-ring (bicyclic) bond motifs is 1. The van der Waals surface area contributed by atoms with E-state index in [0.717, 1.165) is 0 Å². The third-order valence-corrected chi connectivity index (χ3v) is 4.36. The van der Waals surface area contributed by atoms with Crippen LogP contribution in [0.2, 0.25) is 0 Å². The Morgan fingerprint density at radius 2 is 1.97 bits per heavy atom. The molecule has 7 nitrogen and oxygen atoms in total.